The van der Waals surface area contributed by atoms with Crippen LogP contribution in [0.2, 0.25) is 0 Å². The second-order valence-electron chi connectivity index (χ2n) is 10.0. The van der Waals surface area contributed by atoms with Crippen molar-refractivity contribution in [1.29, 1.82) is 0 Å². The molecule has 4 aromatic carbocycles. The summed E-state index contributed by atoms with van der Waals surface area (Å²) >= 11 is 0. The van der Waals surface area contributed by atoms with Gasteiger partial charge in [0.15, 0.2) is 11.9 Å². The Labute approximate surface area is 245 Å². The molecule has 0 aliphatic carbocycles. The van der Waals surface area contributed by atoms with Gasteiger partial charge >= 0.3 is 6.08 Å². The zero-order valence-electron chi connectivity index (χ0n) is 23.2. The van der Waals surface area contributed by atoms with E-state index in [9.17, 15) is 8.78 Å². The van der Waals surface area contributed by atoms with Gasteiger partial charge in [-0.2, -0.15) is 8.78 Å². The number of hydrogen-bond acceptors (Lipinski definition) is 5. The van der Waals surface area contributed by atoms with Crippen molar-refractivity contribution < 1.29 is 32.5 Å². The Morgan fingerprint density at radius 1 is 0.524 bits per heavy atom. The molecule has 1 aliphatic heterocycles. The molecule has 5 nitrogen and oxygen atoms in total. The minimum atomic E-state index is -1.96. The summed E-state index contributed by atoms with van der Waals surface area (Å²) < 4.78 is 59.9. The highest BCUT2D eigenvalue weighted by atomic mass is 19.3. The van der Waals surface area contributed by atoms with Crippen LogP contribution in [0.4, 0.5) is 8.78 Å². The summed E-state index contributed by atoms with van der Waals surface area (Å²) in [6.45, 7) is 0.824. The molecule has 0 radical (unpaired) electrons. The normalized spacial score (nSPS) is 20.2. The monoisotopic (exact) mass is 572 g/mol. The molecule has 1 fully saturated rings. The molecule has 3 unspecified atom stereocenters. The number of benzene rings is 4. The van der Waals surface area contributed by atoms with E-state index in [0.29, 0.717) is 6.61 Å². The van der Waals surface area contributed by atoms with Crippen LogP contribution < -0.4 is 0 Å². The third-order valence-corrected chi connectivity index (χ3v) is 6.95. The van der Waals surface area contributed by atoms with Gasteiger partial charge in [-0.1, -0.05) is 121 Å². The molecule has 42 heavy (non-hydrogen) atoms. The van der Waals surface area contributed by atoms with Crippen molar-refractivity contribution in [2.24, 2.45) is 0 Å². The van der Waals surface area contributed by atoms with E-state index in [1.165, 1.54) is 0 Å². The van der Waals surface area contributed by atoms with Crippen molar-refractivity contribution in [3.05, 3.63) is 155 Å². The average molecular weight is 573 g/mol. The molecular formula is C35H34F2O5. The van der Waals surface area contributed by atoms with Crippen LogP contribution in [0.5, 0.6) is 0 Å². The van der Waals surface area contributed by atoms with E-state index in [0.717, 1.165) is 22.3 Å². The minimum absolute atomic E-state index is 0.0156. The molecule has 7 heteroatoms. The summed E-state index contributed by atoms with van der Waals surface area (Å²) in [5.41, 5.74) is 3.63. The number of halogens is 2. The lowest BCUT2D eigenvalue weighted by Gasteiger charge is -2.43. The van der Waals surface area contributed by atoms with Gasteiger partial charge in [-0.3, -0.25) is 0 Å². The summed E-state index contributed by atoms with van der Waals surface area (Å²) in [4.78, 5) is 0. The second kappa shape index (κ2) is 15.4. The molecule has 4 aromatic rings. The van der Waals surface area contributed by atoms with Crippen LogP contribution >= 0.6 is 0 Å². The zero-order valence-corrected chi connectivity index (χ0v) is 23.2. The standard InChI is InChI=1S/C35H34F2O5/c36-35(37)34-33(41-24-29-19-11-4-12-20-29)32(40-23-28-17-9-3-10-18-28)31(39-22-27-15-7-2-8-16-27)30(42-34)25-38-21-26-13-5-1-6-14-26/h1-20,30-33H,21-25H2/t30?,31-,32?,33?/m1/s1. The Bertz CT molecular complexity index is 1370. The number of rotatable bonds is 13. The molecule has 0 spiro atoms. The highest BCUT2D eigenvalue weighted by molar-refractivity contribution is 5.18. The van der Waals surface area contributed by atoms with Crippen LogP contribution in [0.3, 0.4) is 0 Å². The Morgan fingerprint density at radius 2 is 0.929 bits per heavy atom. The highest BCUT2D eigenvalue weighted by Crippen LogP contribution is 2.35. The fourth-order valence-electron chi connectivity index (χ4n) is 4.83. The summed E-state index contributed by atoms with van der Waals surface area (Å²) in [6, 6.07) is 38.3. The second-order valence-corrected chi connectivity index (χ2v) is 10.0. The molecule has 0 amide bonds. The van der Waals surface area contributed by atoms with Crippen LogP contribution in [0.15, 0.2) is 133 Å². The largest absolute Gasteiger partial charge is 0.481 e. The first-order chi connectivity index (χ1) is 20.7. The molecule has 1 aliphatic rings. The van der Waals surface area contributed by atoms with Gasteiger partial charge in [0.25, 0.3) is 0 Å². The third-order valence-electron chi connectivity index (χ3n) is 6.95. The Kier molecular flexibility index (Phi) is 10.8. The van der Waals surface area contributed by atoms with Gasteiger partial charge in [-0.25, -0.2) is 0 Å². The average Bonchev–Trinajstić information content (AvgIpc) is 3.04. The maximum atomic E-state index is 14.5. The molecule has 1 saturated heterocycles. The van der Waals surface area contributed by atoms with Gasteiger partial charge in [-0.05, 0) is 22.3 Å². The predicted molar refractivity (Wildman–Crippen MR) is 155 cm³/mol. The van der Waals surface area contributed by atoms with Crippen LogP contribution in [0, 0.1) is 0 Å². The van der Waals surface area contributed by atoms with Crippen LogP contribution in [-0.2, 0) is 50.1 Å². The molecule has 218 valence electrons. The molecule has 0 aromatic heterocycles. The molecule has 1 heterocycles. The summed E-state index contributed by atoms with van der Waals surface area (Å²) in [5, 5.41) is 0. The van der Waals surface area contributed by atoms with Gasteiger partial charge in [-0.15, -0.1) is 0 Å². The Balaban J connectivity index is 1.42. The van der Waals surface area contributed by atoms with E-state index in [4.69, 9.17) is 23.7 Å². The Morgan fingerprint density at radius 3 is 1.38 bits per heavy atom. The van der Waals surface area contributed by atoms with E-state index in [-0.39, 0.29) is 26.4 Å². The van der Waals surface area contributed by atoms with Crippen molar-refractivity contribution in [2.75, 3.05) is 6.61 Å². The first-order valence-electron chi connectivity index (χ1n) is 14.0. The summed E-state index contributed by atoms with van der Waals surface area (Å²) in [6.07, 6.45) is -5.71. The highest BCUT2D eigenvalue weighted by Gasteiger charge is 2.48. The smallest absolute Gasteiger partial charge is 0.310 e. The lowest BCUT2D eigenvalue weighted by atomic mass is 9.97. The molecule has 0 saturated carbocycles. The fourth-order valence-corrected chi connectivity index (χ4v) is 4.83. The van der Waals surface area contributed by atoms with Crippen molar-refractivity contribution in [3.63, 3.8) is 0 Å². The molecule has 5 rings (SSSR count). The van der Waals surface area contributed by atoms with Gasteiger partial charge in [0.05, 0.1) is 33.0 Å². The number of hydrogen-bond donors (Lipinski definition) is 0. The van der Waals surface area contributed by atoms with E-state index in [2.05, 4.69) is 0 Å². The van der Waals surface area contributed by atoms with E-state index >= 15 is 0 Å². The molecule has 0 N–H and O–H groups in total. The lowest BCUT2D eigenvalue weighted by molar-refractivity contribution is -0.225. The van der Waals surface area contributed by atoms with E-state index < -0.39 is 36.3 Å². The summed E-state index contributed by atoms with van der Waals surface area (Å²) in [5.74, 6) is -0.558. The van der Waals surface area contributed by atoms with Crippen molar-refractivity contribution in [2.45, 2.75) is 50.8 Å². The number of ether oxygens (including phenoxy) is 5. The first-order valence-corrected chi connectivity index (χ1v) is 14.0. The summed E-state index contributed by atoms with van der Waals surface area (Å²) in [7, 11) is 0. The first kappa shape index (κ1) is 29.6. The predicted octanol–water partition coefficient (Wildman–Crippen LogP) is 7.47. The zero-order chi connectivity index (χ0) is 29.0. The van der Waals surface area contributed by atoms with Crippen molar-refractivity contribution >= 4 is 0 Å². The van der Waals surface area contributed by atoms with Gasteiger partial charge in [0.2, 0.25) is 0 Å². The fraction of sp³-hybridized carbons (Fsp3) is 0.257. The Hall–Kier alpha value is -3.88. The minimum Gasteiger partial charge on any atom is -0.481 e. The van der Waals surface area contributed by atoms with Gasteiger partial charge < -0.3 is 23.7 Å². The van der Waals surface area contributed by atoms with Crippen molar-refractivity contribution in [3.8, 4) is 0 Å². The van der Waals surface area contributed by atoms with Crippen LogP contribution in [-0.4, -0.2) is 31.0 Å². The maximum Gasteiger partial charge on any atom is 0.310 e. The SMILES string of the molecule is FC(F)=C1OC(COCc2ccccc2)[C@@H](OCc2ccccc2)C(OCc2ccccc2)C1OCc1ccccc1. The van der Waals surface area contributed by atoms with E-state index in [1.54, 1.807) is 0 Å². The van der Waals surface area contributed by atoms with Gasteiger partial charge in [0, 0.05) is 0 Å². The lowest BCUT2D eigenvalue weighted by Crippen LogP contribution is -2.56. The van der Waals surface area contributed by atoms with Gasteiger partial charge in [0.1, 0.15) is 18.3 Å². The maximum absolute atomic E-state index is 14.5. The molecule has 0 bridgehead atoms. The quantitative estimate of drug-likeness (QED) is 0.166. The van der Waals surface area contributed by atoms with Crippen LogP contribution in [0.1, 0.15) is 22.3 Å². The van der Waals surface area contributed by atoms with Crippen LogP contribution in [0.25, 0.3) is 0 Å². The molecule has 4 atom stereocenters. The third kappa shape index (κ3) is 8.33. The molecular weight excluding hydrogens is 538 g/mol. The topological polar surface area (TPSA) is 46.2 Å². The van der Waals surface area contributed by atoms with E-state index in [1.807, 2.05) is 121 Å². The van der Waals surface area contributed by atoms with Crippen molar-refractivity contribution in [1.82, 2.24) is 0 Å².